The van der Waals surface area contributed by atoms with E-state index in [0.29, 0.717) is 13.2 Å². The Labute approximate surface area is 61.5 Å². The zero-order valence-corrected chi connectivity index (χ0v) is 6.12. The zero-order chi connectivity index (χ0) is 7.40. The van der Waals surface area contributed by atoms with Gasteiger partial charge in [-0.15, -0.1) is 6.58 Å². The lowest BCUT2D eigenvalue weighted by molar-refractivity contribution is -0.0340. The van der Waals surface area contributed by atoms with E-state index < -0.39 is 0 Å². The summed E-state index contributed by atoms with van der Waals surface area (Å²) >= 11 is 0. The second-order valence-electron chi connectivity index (χ2n) is 2.72. The average molecular weight is 142 g/mol. The highest BCUT2D eigenvalue weighted by Crippen LogP contribution is 2.17. The van der Waals surface area contributed by atoms with Crippen molar-refractivity contribution in [3.8, 4) is 0 Å². The van der Waals surface area contributed by atoms with Crippen molar-refractivity contribution in [3.63, 3.8) is 0 Å². The van der Waals surface area contributed by atoms with Crippen LogP contribution in [0.4, 0.5) is 0 Å². The fraction of sp³-hybridized carbons (Fsp3) is 0.750. The van der Waals surface area contributed by atoms with Crippen LogP contribution < -0.4 is 0 Å². The van der Waals surface area contributed by atoms with Crippen molar-refractivity contribution in [2.45, 2.75) is 18.9 Å². The van der Waals surface area contributed by atoms with Crippen molar-refractivity contribution in [1.82, 2.24) is 0 Å². The second-order valence-corrected chi connectivity index (χ2v) is 2.72. The summed E-state index contributed by atoms with van der Waals surface area (Å²) in [7, 11) is 0. The molecule has 1 heterocycles. The van der Waals surface area contributed by atoms with Gasteiger partial charge < -0.3 is 9.84 Å². The first-order valence-electron chi connectivity index (χ1n) is 3.71. The van der Waals surface area contributed by atoms with Gasteiger partial charge in [-0.1, -0.05) is 6.08 Å². The van der Waals surface area contributed by atoms with E-state index >= 15 is 0 Å². The number of hydrogen-bond donors (Lipinski definition) is 1. The molecular formula is C8H14O2. The number of rotatable bonds is 2. The zero-order valence-electron chi connectivity index (χ0n) is 6.12. The quantitative estimate of drug-likeness (QED) is 0.582. The van der Waals surface area contributed by atoms with Crippen LogP contribution in [0.1, 0.15) is 12.8 Å². The maximum atomic E-state index is 9.37. The van der Waals surface area contributed by atoms with Crippen molar-refractivity contribution in [2.24, 2.45) is 5.92 Å². The minimum atomic E-state index is -0.174. The molecule has 0 spiro atoms. The number of ether oxygens (including phenoxy) is 1. The molecule has 1 fully saturated rings. The van der Waals surface area contributed by atoms with Gasteiger partial charge in [-0.3, -0.25) is 0 Å². The van der Waals surface area contributed by atoms with Gasteiger partial charge in [0.2, 0.25) is 0 Å². The van der Waals surface area contributed by atoms with Crippen LogP contribution in [-0.4, -0.2) is 24.4 Å². The van der Waals surface area contributed by atoms with E-state index in [1.54, 1.807) is 0 Å². The molecule has 0 aromatic rings. The van der Waals surface area contributed by atoms with Gasteiger partial charge in [-0.05, 0) is 12.8 Å². The third kappa shape index (κ3) is 1.82. The van der Waals surface area contributed by atoms with E-state index in [2.05, 4.69) is 6.58 Å². The Morgan fingerprint density at radius 1 is 1.70 bits per heavy atom. The lowest BCUT2D eigenvalue weighted by Gasteiger charge is -2.26. The standard InChI is InChI=1S/C8H14O2/c1-2-3-7-6-10-5-4-8(7)9/h2,7-9H,1,3-6H2/t7-,8+/m0/s1. The molecule has 0 aliphatic carbocycles. The van der Waals surface area contributed by atoms with Crippen LogP contribution in [0.3, 0.4) is 0 Å². The molecule has 1 aliphatic heterocycles. The Hall–Kier alpha value is -0.340. The Morgan fingerprint density at radius 3 is 3.10 bits per heavy atom. The van der Waals surface area contributed by atoms with Gasteiger partial charge in [0.1, 0.15) is 0 Å². The molecule has 2 atom stereocenters. The lowest BCUT2D eigenvalue weighted by atomic mass is 9.95. The van der Waals surface area contributed by atoms with E-state index in [1.807, 2.05) is 6.08 Å². The largest absolute Gasteiger partial charge is 0.393 e. The first-order valence-corrected chi connectivity index (χ1v) is 3.71. The maximum absolute atomic E-state index is 9.37. The topological polar surface area (TPSA) is 29.5 Å². The van der Waals surface area contributed by atoms with Crippen LogP contribution in [0.25, 0.3) is 0 Å². The monoisotopic (exact) mass is 142 g/mol. The molecule has 1 rings (SSSR count). The Kier molecular flexibility index (Phi) is 2.90. The molecule has 0 aromatic carbocycles. The molecule has 1 aliphatic rings. The predicted octanol–water partition coefficient (Wildman–Crippen LogP) is 0.960. The lowest BCUT2D eigenvalue weighted by Crippen LogP contribution is -2.31. The summed E-state index contributed by atoms with van der Waals surface area (Å²) in [6, 6.07) is 0. The molecule has 1 N–H and O–H groups in total. The molecular weight excluding hydrogens is 128 g/mol. The highest BCUT2D eigenvalue weighted by molar-refractivity contribution is 4.79. The van der Waals surface area contributed by atoms with Crippen LogP contribution in [0.5, 0.6) is 0 Å². The van der Waals surface area contributed by atoms with Gasteiger partial charge in [0.05, 0.1) is 12.7 Å². The van der Waals surface area contributed by atoms with Crippen LogP contribution in [-0.2, 0) is 4.74 Å². The summed E-state index contributed by atoms with van der Waals surface area (Å²) in [4.78, 5) is 0. The highest BCUT2D eigenvalue weighted by Gasteiger charge is 2.21. The van der Waals surface area contributed by atoms with Crippen molar-refractivity contribution >= 4 is 0 Å². The Balaban J connectivity index is 2.32. The van der Waals surface area contributed by atoms with E-state index in [0.717, 1.165) is 12.8 Å². The second kappa shape index (κ2) is 3.74. The minimum Gasteiger partial charge on any atom is -0.393 e. The van der Waals surface area contributed by atoms with Crippen LogP contribution >= 0.6 is 0 Å². The number of aliphatic hydroxyl groups is 1. The first kappa shape index (κ1) is 7.76. The summed E-state index contributed by atoms with van der Waals surface area (Å²) in [6.45, 7) is 5.01. The third-order valence-electron chi connectivity index (χ3n) is 1.90. The summed E-state index contributed by atoms with van der Waals surface area (Å²) in [5, 5.41) is 9.37. The van der Waals surface area contributed by atoms with E-state index in [1.165, 1.54) is 0 Å². The maximum Gasteiger partial charge on any atom is 0.0615 e. The van der Waals surface area contributed by atoms with Gasteiger partial charge in [0, 0.05) is 12.5 Å². The van der Waals surface area contributed by atoms with Crippen LogP contribution in [0.15, 0.2) is 12.7 Å². The highest BCUT2D eigenvalue weighted by atomic mass is 16.5. The summed E-state index contributed by atoms with van der Waals surface area (Å²) in [5.41, 5.74) is 0. The van der Waals surface area contributed by atoms with E-state index in [-0.39, 0.29) is 12.0 Å². The molecule has 0 amide bonds. The molecule has 0 radical (unpaired) electrons. The summed E-state index contributed by atoms with van der Waals surface area (Å²) < 4.78 is 5.20. The fourth-order valence-electron chi connectivity index (χ4n) is 1.22. The minimum absolute atomic E-state index is 0.174. The van der Waals surface area contributed by atoms with Crippen molar-refractivity contribution < 1.29 is 9.84 Å². The van der Waals surface area contributed by atoms with Crippen LogP contribution in [0.2, 0.25) is 0 Å². The van der Waals surface area contributed by atoms with E-state index in [4.69, 9.17) is 4.74 Å². The van der Waals surface area contributed by atoms with Gasteiger partial charge in [0.15, 0.2) is 0 Å². The summed E-state index contributed by atoms with van der Waals surface area (Å²) in [6.07, 6.45) is 3.30. The predicted molar refractivity (Wildman–Crippen MR) is 39.7 cm³/mol. The Bertz CT molecular complexity index is 112. The third-order valence-corrected chi connectivity index (χ3v) is 1.90. The fourth-order valence-corrected chi connectivity index (χ4v) is 1.22. The molecule has 2 nitrogen and oxygen atoms in total. The summed E-state index contributed by atoms with van der Waals surface area (Å²) in [5.74, 6) is 0.284. The average Bonchev–Trinajstić information content (AvgIpc) is 1.94. The first-order chi connectivity index (χ1) is 4.84. The van der Waals surface area contributed by atoms with Crippen molar-refractivity contribution in [2.75, 3.05) is 13.2 Å². The molecule has 0 bridgehead atoms. The molecule has 1 saturated heterocycles. The number of hydrogen-bond acceptors (Lipinski definition) is 2. The number of allylic oxidation sites excluding steroid dienone is 1. The molecule has 58 valence electrons. The van der Waals surface area contributed by atoms with Crippen molar-refractivity contribution in [3.05, 3.63) is 12.7 Å². The van der Waals surface area contributed by atoms with Gasteiger partial charge in [-0.2, -0.15) is 0 Å². The van der Waals surface area contributed by atoms with Crippen molar-refractivity contribution in [1.29, 1.82) is 0 Å². The molecule has 0 saturated carbocycles. The van der Waals surface area contributed by atoms with Gasteiger partial charge in [-0.25, -0.2) is 0 Å². The number of aliphatic hydroxyl groups excluding tert-OH is 1. The van der Waals surface area contributed by atoms with E-state index in [9.17, 15) is 5.11 Å². The molecule has 10 heavy (non-hydrogen) atoms. The molecule has 0 aromatic heterocycles. The van der Waals surface area contributed by atoms with Gasteiger partial charge >= 0.3 is 0 Å². The van der Waals surface area contributed by atoms with Crippen LogP contribution in [0, 0.1) is 5.92 Å². The SMILES string of the molecule is C=CC[C@H]1COCC[C@H]1O. The normalized spacial score (nSPS) is 33.7. The molecule has 0 unspecified atom stereocenters. The van der Waals surface area contributed by atoms with Gasteiger partial charge in [0.25, 0.3) is 0 Å². The smallest absolute Gasteiger partial charge is 0.0615 e. The Morgan fingerprint density at radius 2 is 2.50 bits per heavy atom. The molecule has 2 heteroatoms.